The van der Waals surface area contributed by atoms with Gasteiger partial charge in [0.25, 0.3) is 0 Å². The van der Waals surface area contributed by atoms with Gasteiger partial charge in [0.15, 0.2) is 0 Å². The fourth-order valence-electron chi connectivity index (χ4n) is 4.07. The summed E-state index contributed by atoms with van der Waals surface area (Å²) in [4.78, 5) is 6.76. The van der Waals surface area contributed by atoms with Crippen molar-refractivity contribution in [3.8, 4) is 11.5 Å². The molecular weight excluding hydrogens is 336 g/mol. The molecule has 0 atom stereocenters. The van der Waals surface area contributed by atoms with Crippen LogP contribution in [-0.4, -0.2) is 29.3 Å². The lowest BCUT2D eigenvalue weighted by Gasteiger charge is -2.34. The van der Waals surface area contributed by atoms with Gasteiger partial charge in [-0.2, -0.15) is 0 Å². The summed E-state index contributed by atoms with van der Waals surface area (Å²) in [5, 5.41) is 10.7. The molecule has 0 unspecified atom stereocenters. The Morgan fingerprint density at radius 3 is 2.41 bits per heavy atom. The molecule has 140 valence electrons. The summed E-state index contributed by atoms with van der Waals surface area (Å²) in [6.45, 7) is 8.29. The highest BCUT2D eigenvalue weighted by atomic mass is 16.5. The first kappa shape index (κ1) is 17.7. The largest absolute Gasteiger partial charge is 0.507 e. The van der Waals surface area contributed by atoms with Crippen molar-refractivity contribution in [2.75, 3.05) is 18.0 Å². The number of pyridine rings is 1. The van der Waals surface area contributed by atoms with Crippen molar-refractivity contribution in [3.63, 3.8) is 0 Å². The minimum Gasteiger partial charge on any atom is -0.507 e. The Balaban J connectivity index is 1.45. The maximum absolute atomic E-state index is 9.94. The van der Waals surface area contributed by atoms with Crippen LogP contribution in [-0.2, 0) is 0 Å². The van der Waals surface area contributed by atoms with Gasteiger partial charge in [-0.15, -0.1) is 0 Å². The van der Waals surface area contributed by atoms with Crippen LogP contribution in [0.4, 0.5) is 5.69 Å². The van der Waals surface area contributed by atoms with Crippen LogP contribution in [0.15, 0.2) is 42.6 Å². The maximum Gasteiger partial charge on any atom is 0.126 e. The third-order valence-corrected chi connectivity index (χ3v) is 5.40. The Labute approximate surface area is 160 Å². The Hall–Kier alpha value is -2.75. The van der Waals surface area contributed by atoms with Gasteiger partial charge in [-0.05, 0) is 56.2 Å². The molecule has 1 aliphatic rings. The highest BCUT2D eigenvalue weighted by Crippen LogP contribution is 2.31. The van der Waals surface area contributed by atoms with Gasteiger partial charge >= 0.3 is 0 Å². The average molecular weight is 362 g/mol. The summed E-state index contributed by atoms with van der Waals surface area (Å²) in [6, 6.07) is 12.1. The van der Waals surface area contributed by atoms with Crippen LogP contribution < -0.4 is 9.64 Å². The van der Waals surface area contributed by atoms with Crippen LogP contribution in [0.1, 0.15) is 29.5 Å². The molecule has 4 heteroatoms. The lowest BCUT2D eigenvalue weighted by atomic mass is 10.0. The molecule has 1 aliphatic heterocycles. The van der Waals surface area contributed by atoms with E-state index in [-0.39, 0.29) is 11.9 Å². The van der Waals surface area contributed by atoms with Crippen LogP contribution in [0, 0.1) is 20.8 Å². The van der Waals surface area contributed by atoms with Crippen molar-refractivity contribution in [3.05, 3.63) is 59.3 Å². The van der Waals surface area contributed by atoms with E-state index >= 15 is 0 Å². The fraction of sp³-hybridized carbons (Fsp3) is 0.348. The summed E-state index contributed by atoms with van der Waals surface area (Å²) < 4.78 is 6.37. The van der Waals surface area contributed by atoms with Gasteiger partial charge < -0.3 is 14.7 Å². The highest BCUT2D eigenvalue weighted by Gasteiger charge is 2.22. The van der Waals surface area contributed by atoms with Crippen LogP contribution in [0.2, 0.25) is 0 Å². The Morgan fingerprint density at radius 2 is 1.70 bits per heavy atom. The summed E-state index contributed by atoms with van der Waals surface area (Å²) in [6.07, 6.45) is 3.90. The van der Waals surface area contributed by atoms with E-state index in [0.29, 0.717) is 0 Å². The molecule has 1 N–H and O–H groups in total. The monoisotopic (exact) mass is 362 g/mol. The number of piperidine rings is 1. The van der Waals surface area contributed by atoms with Gasteiger partial charge in [0.2, 0.25) is 0 Å². The number of hydrogen-bond donors (Lipinski definition) is 1. The molecule has 4 rings (SSSR count). The van der Waals surface area contributed by atoms with Gasteiger partial charge in [0.05, 0.1) is 5.52 Å². The van der Waals surface area contributed by atoms with Crippen LogP contribution in [0.5, 0.6) is 11.5 Å². The molecule has 0 bridgehead atoms. The fourth-order valence-corrected chi connectivity index (χ4v) is 4.07. The number of benzene rings is 2. The van der Waals surface area contributed by atoms with Crippen LogP contribution in [0.25, 0.3) is 10.9 Å². The molecule has 2 aromatic carbocycles. The zero-order chi connectivity index (χ0) is 19.0. The van der Waals surface area contributed by atoms with E-state index in [4.69, 9.17) is 4.74 Å². The SMILES string of the molecule is Cc1cc(C)c(OC2CCN(c3ccc4c(O)ccnc4c3)CC2)c(C)c1. The second-order valence-electron chi connectivity index (χ2n) is 7.56. The molecule has 0 aliphatic carbocycles. The summed E-state index contributed by atoms with van der Waals surface area (Å²) >= 11 is 0. The smallest absolute Gasteiger partial charge is 0.126 e. The van der Waals surface area contributed by atoms with Gasteiger partial charge in [-0.25, -0.2) is 0 Å². The molecule has 4 nitrogen and oxygen atoms in total. The first-order valence-electron chi connectivity index (χ1n) is 9.58. The molecule has 1 aromatic heterocycles. The zero-order valence-electron chi connectivity index (χ0n) is 16.2. The Kier molecular flexibility index (Phi) is 4.65. The van der Waals surface area contributed by atoms with Crippen molar-refractivity contribution < 1.29 is 9.84 Å². The van der Waals surface area contributed by atoms with Crippen molar-refractivity contribution in [1.29, 1.82) is 0 Å². The Bertz CT molecular complexity index is 952. The van der Waals surface area contributed by atoms with Gasteiger partial charge in [-0.1, -0.05) is 17.7 Å². The van der Waals surface area contributed by atoms with E-state index in [0.717, 1.165) is 48.3 Å². The normalized spacial score (nSPS) is 15.3. The highest BCUT2D eigenvalue weighted by molar-refractivity contribution is 5.87. The number of aryl methyl sites for hydroxylation is 3. The van der Waals surface area contributed by atoms with Crippen molar-refractivity contribution in [2.45, 2.75) is 39.7 Å². The minimum atomic E-state index is 0.254. The van der Waals surface area contributed by atoms with E-state index in [9.17, 15) is 5.11 Å². The number of ether oxygens (including phenoxy) is 1. The first-order chi connectivity index (χ1) is 13.0. The standard InChI is InChI=1S/C23H26N2O2/c1-15-12-16(2)23(17(3)13-15)27-19-7-10-25(11-8-19)18-4-5-20-21(14-18)24-9-6-22(20)26/h4-6,9,12-14,19H,7-8,10-11H2,1-3H3,(H,24,26). The van der Waals surface area contributed by atoms with E-state index in [1.807, 2.05) is 6.07 Å². The third kappa shape index (κ3) is 3.57. The number of hydrogen-bond acceptors (Lipinski definition) is 4. The molecule has 0 spiro atoms. The number of nitrogens with zero attached hydrogens (tertiary/aromatic N) is 2. The second kappa shape index (κ2) is 7.10. The van der Waals surface area contributed by atoms with E-state index in [1.165, 1.54) is 16.7 Å². The molecule has 1 fully saturated rings. The van der Waals surface area contributed by atoms with Crippen LogP contribution >= 0.6 is 0 Å². The Morgan fingerprint density at radius 1 is 1.00 bits per heavy atom. The summed E-state index contributed by atoms with van der Waals surface area (Å²) in [5.41, 5.74) is 5.70. The predicted molar refractivity (Wildman–Crippen MR) is 110 cm³/mol. The first-order valence-corrected chi connectivity index (χ1v) is 9.58. The topological polar surface area (TPSA) is 45.6 Å². The lowest BCUT2D eigenvalue weighted by molar-refractivity contribution is 0.168. The average Bonchev–Trinajstić information content (AvgIpc) is 2.65. The lowest BCUT2D eigenvalue weighted by Crippen LogP contribution is -2.38. The van der Waals surface area contributed by atoms with E-state index in [1.54, 1.807) is 12.3 Å². The molecule has 0 saturated carbocycles. The number of aromatic nitrogens is 1. The van der Waals surface area contributed by atoms with E-state index < -0.39 is 0 Å². The number of anilines is 1. The molecule has 2 heterocycles. The van der Waals surface area contributed by atoms with Crippen LogP contribution in [0.3, 0.4) is 0 Å². The van der Waals surface area contributed by atoms with Gasteiger partial charge in [-0.3, -0.25) is 4.98 Å². The summed E-state index contributed by atoms with van der Waals surface area (Å²) in [5.74, 6) is 1.33. The van der Waals surface area contributed by atoms with Crippen molar-refractivity contribution >= 4 is 16.6 Å². The molecule has 27 heavy (non-hydrogen) atoms. The zero-order valence-corrected chi connectivity index (χ0v) is 16.2. The maximum atomic E-state index is 9.94. The van der Waals surface area contributed by atoms with Crippen molar-refractivity contribution in [2.24, 2.45) is 0 Å². The molecule has 0 radical (unpaired) electrons. The van der Waals surface area contributed by atoms with Crippen molar-refractivity contribution in [1.82, 2.24) is 4.98 Å². The quantitative estimate of drug-likeness (QED) is 0.719. The molecular formula is C23H26N2O2. The van der Waals surface area contributed by atoms with E-state index in [2.05, 4.69) is 54.9 Å². The molecule has 1 saturated heterocycles. The number of rotatable bonds is 3. The predicted octanol–water partition coefficient (Wildman–Crippen LogP) is 4.91. The third-order valence-electron chi connectivity index (χ3n) is 5.40. The molecule has 3 aromatic rings. The number of aromatic hydroxyl groups is 1. The van der Waals surface area contributed by atoms with Gasteiger partial charge in [0, 0.05) is 43.2 Å². The number of fused-ring (bicyclic) bond motifs is 1. The van der Waals surface area contributed by atoms with Gasteiger partial charge in [0.1, 0.15) is 17.6 Å². The molecule has 0 amide bonds. The minimum absolute atomic E-state index is 0.254. The second-order valence-corrected chi connectivity index (χ2v) is 7.56. The summed E-state index contributed by atoms with van der Waals surface area (Å²) in [7, 11) is 0.